The monoisotopic (exact) mass is 218 g/mol. The molecule has 0 aromatic heterocycles. The molecule has 80 valence electrons. The van der Waals surface area contributed by atoms with Gasteiger partial charge in [-0.05, 0) is 20.3 Å². The van der Waals surface area contributed by atoms with Crippen molar-refractivity contribution in [2.45, 2.75) is 38.1 Å². The van der Waals surface area contributed by atoms with Crippen molar-refractivity contribution in [1.82, 2.24) is 0 Å². The van der Waals surface area contributed by atoms with Gasteiger partial charge in [0, 0.05) is 6.42 Å². The first-order valence-corrected chi connectivity index (χ1v) is 5.65. The zero-order chi connectivity index (χ0) is 10.7. The van der Waals surface area contributed by atoms with Gasteiger partial charge in [0.05, 0.1) is 11.0 Å². The minimum Gasteiger partial charge on any atom is -0.229 e. The van der Waals surface area contributed by atoms with Crippen molar-refractivity contribution in [2.75, 3.05) is 5.75 Å². The van der Waals surface area contributed by atoms with E-state index in [9.17, 15) is 21.6 Å². The fourth-order valence-electron chi connectivity index (χ4n) is 0.710. The second kappa shape index (κ2) is 4.30. The third-order valence-corrected chi connectivity index (χ3v) is 3.90. The molecule has 0 N–H and O–H groups in total. The molecule has 0 aliphatic heterocycles. The van der Waals surface area contributed by atoms with E-state index in [0.717, 1.165) is 0 Å². The molecule has 0 saturated carbocycles. The average molecular weight is 218 g/mol. The molecular weight excluding hydrogens is 205 g/mol. The van der Waals surface area contributed by atoms with Gasteiger partial charge in [-0.3, -0.25) is 0 Å². The van der Waals surface area contributed by atoms with Gasteiger partial charge in [0.1, 0.15) is 0 Å². The highest BCUT2D eigenvalue weighted by Gasteiger charge is 2.27. The Bertz CT molecular complexity index is 241. The summed E-state index contributed by atoms with van der Waals surface area (Å²) in [6.45, 7) is 2.92. The van der Waals surface area contributed by atoms with Gasteiger partial charge in [-0.15, -0.1) is 0 Å². The molecule has 0 aliphatic carbocycles. The zero-order valence-electron chi connectivity index (χ0n) is 7.56. The molecule has 0 aromatic carbocycles. The van der Waals surface area contributed by atoms with Gasteiger partial charge < -0.3 is 0 Å². The second-order valence-corrected chi connectivity index (χ2v) is 5.81. The van der Waals surface area contributed by atoms with Crippen LogP contribution in [-0.2, 0) is 9.84 Å². The van der Waals surface area contributed by atoms with E-state index in [2.05, 4.69) is 0 Å². The van der Waals surface area contributed by atoms with Crippen molar-refractivity contribution in [3.05, 3.63) is 0 Å². The van der Waals surface area contributed by atoms with E-state index in [1.165, 1.54) is 13.8 Å². The lowest BCUT2D eigenvalue weighted by Crippen LogP contribution is -2.19. The summed E-state index contributed by atoms with van der Waals surface area (Å²) in [6, 6.07) is 0. The van der Waals surface area contributed by atoms with Gasteiger partial charge in [-0.1, -0.05) is 0 Å². The lowest BCUT2D eigenvalue weighted by molar-refractivity contribution is -0.134. The fraction of sp³-hybridized carbons (Fsp3) is 1.00. The minimum absolute atomic E-state index is 0.343. The number of halogens is 3. The molecule has 0 amide bonds. The third-order valence-electron chi connectivity index (χ3n) is 1.61. The van der Waals surface area contributed by atoms with Gasteiger partial charge in [0.25, 0.3) is 0 Å². The van der Waals surface area contributed by atoms with Crippen LogP contribution in [0.15, 0.2) is 0 Å². The van der Waals surface area contributed by atoms with Gasteiger partial charge in [0.2, 0.25) is 0 Å². The molecular formula is C7H13F3O2S. The molecule has 0 radical (unpaired) electrons. The molecule has 0 spiro atoms. The smallest absolute Gasteiger partial charge is 0.229 e. The van der Waals surface area contributed by atoms with Crippen molar-refractivity contribution < 1.29 is 21.6 Å². The van der Waals surface area contributed by atoms with Crippen LogP contribution < -0.4 is 0 Å². The first-order valence-electron chi connectivity index (χ1n) is 3.93. The molecule has 0 heterocycles. The van der Waals surface area contributed by atoms with Crippen molar-refractivity contribution in [2.24, 2.45) is 0 Å². The van der Waals surface area contributed by atoms with E-state index < -0.39 is 27.7 Å². The molecule has 6 heteroatoms. The number of alkyl halides is 3. The van der Waals surface area contributed by atoms with Gasteiger partial charge in [-0.25, -0.2) is 8.42 Å². The summed E-state index contributed by atoms with van der Waals surface area (Å²) in [7, 11) is -3.32. The second-order valence-electron chi connectivity index (χ2n) is 3.13. The van der Waals surface area contributed by atoms with Crippen LogP contribution in [0.2, 0.25) is 0 Å². The Balaban J connectivity index is 3.92. The van der Waals surface area contributed by atoms with Crippen LogP contribution in [0, 0.1) is 0 Å². The van der Waals surface area contributed by atoms with E-state index in [-0.39, 0.29) is 12.2 Å². The van der Waals surface area contributed by atoms with Gasteiger partial charge in [-0.2, -0.15) is 13.2 Å². The summed E-state index contributed by atoms with van der Waals surface area (Å²) in [5, 5.41) is -0.597. The standard InChI is InChI=1S/C7H13F3O2S/c1-6(2)13(11,12)5-3-4-7(8,9)10/h6H,3-5H2,1-2H3. The maximum absolute atomic E-state index is 11.6. The number of hydrogen-bond acceptors (Lipinski definition) is 2. The fourth-order valence-corrected chi connectivity index (χ4v) is 1.73. The lowest BCUT2D eigenvalue weighted by Gasteiger charge is -2.08. The van der Waals surface area contributed by atoms with E-state index >= 15 is 0 Å². The number of sulfone groups is 1. The molecule has 0 unspecified atom stereocenters. The molecule has 2 nitrogen and oxygen atoms in total. The first kappa shape index (κ1) is 12.7. The molecule has 0 rings (SSSR count). The predicted molar refractivity (Wildman–Crippen MR) is 44.2 cm³/mol. The summed E-state index contributed by atoms with van der Waals surface area (Å²) in [4.78, 5) is 0. The third kappa shape index (κ3) is 5.90. The highest BCUT2D eigenvalue weighted by Crippen LogP contribution is 2.22. The first-order chi connectivity index (χ1) is 5.65. The summed E-state index contributed by atoms with van der Waals surface area (Å²) in [5.41, 5.74) is 0. The summed E-state index contributed by atoms with van der Waals surface area (Å²) < 4.78 is 57.0. The largest absolute Gasteiger partial charge is 0.389 e. The van der Waals surface area contributed by atoms with Crippen LogP contribution in [0.1, 0.15) is 26.7 Å². The van der Waals surface area contributed by atoms with E-state index in [1.807, 2.05) is 0 Å². The van der Waals surface area contributed by atoms with Crippen molar-refractivity contribution in [3.63, 3.8) is 0 Å². The molecule has 0 fully saturated rings. The molecule has 0 bridgehead atoms. The van der Waals surface area contributed by atoms with Crippen molar-refractivity contribution >= 4 is 9.84 Å². The van der Waals surface area contributed by atoms with Crippen molar-refractivity contribution in [3.8, 4) is 0 Å². The van der Waals surface area contributed by atoms with Crippen LogP contribution in [-0.4, -0.2) is 25.6 Å². The van der Waals surface area contributed by atoms with Crippen LogP contribution in [0.4, 0.5) is 13.2 Å². The van der Waals surface area contributed by atoms with E-state index in [1.54, 1.807) is 0 Å². The maximum atomic E-state index is 11.6. The Hall–Kier alpha value is -0.260. The topological polar surface area (TPSA) is 34.1 Å². The average Bonchev–Trinajstić information content (AvgIpc) is 1.82. The molecule has 13 heavy (non-hydrogen) atoms. The summed E-state index contributed by atoms with van der Waals surface area (Å²) in [5.74, 6) is -0.385. The molecule has 0 atom stereocenters. The van der Waals surface area contributed by atoms with Gasteiger partial charge >= 0.3 is 6.18 Å². The predicted octanol–water partition coefficient (Wildman–Crippen LogP) is 2.15. The maximum Gasteiger partial charge on any atom is 0.389 e. The Morgan fingerprint density at radius 3 is 2.00 bits per heavy atom. The Morgan fingerprint density at radius 2 is 1.69 bits per heavy atom. The lowest BCUT2D eigenvalue weighted by atomic mass is 10.3. The molecule has 0 aromatic rings. The Kier molecular flexibility index (Phi) is 4.22. The van der Waals surface area contributed by atoms with Crippen LogP contribution in [0.25, 0.3) is 0 Å². The molecule has 0 aliphatic rings. The van der Waals surface area contributed by atoms with Crippen LogP contribution >= 0.6 is 0 Å². The quantitative estimate of drug-likeness (QED) is 0.724. The van der Waals surface area contributed by atoms with E-state index in [0.29, 0.717) is 0 Å². The normalized spacial score (nSPS) is 13.7. The zero-order valence-corrected chi connectivity index (χ0v) is 8.37. The van der Waals surface area contributed by atoms with Crippen LogP contribution in [0.3, 0.4) is 0 Å². The Morgan fingerprint density at radius 1 is 1.23 bits per heavy atom. The summed E-state index contributed by atoms with van der Waals surface area (Å²) in [6.07, 6.45) is -5.63. The number of hydrogen-bond donors (Lipinski definition) is 0. The SMILES string of the molecule is CC(C)S(=O)(=O)CCCC(F)(F)F. The van der Waals surface area contributed by atoms with Crippen LogP contribution in [0.5, 0.6) is 0 Å². The highest BCUT2D eigenvalue weighted by molar-refractivity contribution is 7.91. The summed E-state index contributed by atoms with van der Waals surface area (Å²) >= 11 is 0. The molecule has 0 saturated heterocycles. The van der Waals surface area contributed by atoms with Gasteiger partial charge in [0.15, 0.2) is 9.84 Å². The van der Waals surface area contributed by atoms with E-state index in [4.69, 9.17) is 0 Å². The number of rotatable bonds is 4. The minimum atomic E-state index is -4.26. The Labute approximate surface area is 76.1 Å². The van der Waals surface area contributed by atoms with Crippen molar-refractivity contribution in [1.29, 1.82) is 0 Å². The highest BCUT2D eigenvalue weighted by atomic mass is 32.2.